The molecule has 1 aromatic heterocycles. The van der Waals surface area contributed by atoms with Gasteiger partial charge in [-0.1, -0.05) is 36.8 Å². The molecule has 5 heteroatoms. The molecule has 3 rings (SSSR count). The molecule has 1 aliphatic rings. The molecule has 0 spiro atoms. The van der Waals surface area contributed by atoms with Crippen molar-refractivity contribution in [2.45, 2.75) is 32.2 Å². The molecule has 0 bridgehead atoms. The molecule has 4 nitrogen and oxygen atoms in total. The molecule has 130 valence electrons. The van der Waals surface area contributed by atoms with E-state index in [4.69, 9.17) is 4.42 Å². The number of nitrogens with zero attached hydrogens (tertiary/aromatic N) is 1. The minimum absolute atomic E-state index is 0. The molecule has 1 aromatic carbocycles. The molecule has 0 amide bonds. The van der Waals surface area contributed by atoms with Crippen molar-refractivity contribution in [3.05, 3.63) is 60.1 Å². The fourth-order valence-corrected chi connectivity index (χ4v) is 3.20. The van der Waals surface area contributed by atoms with E-state index in [1.807, 2.05) is 19.2 Å². The average Bonchev–Trinajstić information content (AvgIpc) is 3.06. The van der Waals surface area contributed by atoms with Gasteiger partial charge < -0.3 is 15.1 Å². The van der Waals surface area contributed by atoms with Crippen molar-refractivity contribution in [2.75, 3.05) is 13.6 Å². The van der Waals surface area contributed by atoms with Crippen LogP contribution in [0.25, 0.3) is 0 Å². The first-order chi connectivity index (χ1) is 11.3. The van der Waals surface area contributed by atoms with E-state index in [2.05, 4.69) is 46.0 Å². The number of halogens is 1. The van der Waals surface area contributed by atoms with Gasteiger partial charge in [-0.2, -0.15) is 0 Å². The van der Waals surface area contributed by atoms with Gasteiger partial charge in [-0.3, -0.25) is 4.99 Å². The Balaban J connectivity index is 0.00000208. The molecule has 0 radical (unpaired) electrons. The summed E-state index contributed by atoms with van der Waals surface area (Å²) >= 11 is 0. The van der Waals surface area contributed by atoms with Gasteiger partial charge in [-0.05, 0) is 42.4 Å². The third kappa shape index (κ3) is 5.00. The molecule has 1 saturated carbocycles. The van der Waals surface area contributed by atoms with Gasteiger partial charge in [-0.15, -0.1) is 24.0 Å². The second-order valence-corrected chi connectivity index (χ2v) is 6.37. The maximum atomic E-state index is 5.34. The number of hydrogen-bond acceptors (Lipinski definition) is 2. The minimum atomic E-state index is 0. The van der Waals surface area contributed by atoms with Crippen LogP contribution in [0.1, 0.15) is 30.6 Å². The predicted molar refractivity (Wildman–Crippen MR) is 109 cm³/mol. The van der Waals surface area contributed by atoms with E-state index in [1.165, 1.54) is 24.8 Å². The number of guanidine groups is 1. The molecular formula is C19H26IN3O. The van der Waals surface area contributed by atoms with E-state index in [0.717, 1.165) is 24.7 Å². The van der Waals surface area contributed by atoms with Gasteiger partial charge in [0.1, 0.15) is 5.76 Å². The topological polar surface area (TPSA) is 49.6 Å². The van der Waals surface area contributed by atoms with Crippen molar-refractivity contribution in [1.82, 2.24) is 10.6 Å². The molecular weight excluding hydrogens is 413 g/mol. The van der Waals surface area contributed by atoms with Crippen molar-refractivity contribution in [1.29, 1.82) is 0 Å². The SMILES string of the molecule is CN=C(NCc1ccco1)NCC1(Cc2ccccc2)CCC1.I. The van der Waals surface area contributed by atoms with Gasteiger partial charge in [0.2, 0.25) is 0 Å². The van der Waals surface area contributed by atoms with Gasteiger partial charge >= 0.3 is 0 Å². The highest BCUT2D eigenvalue weighted by atomic mass is 127. The third-order valence-electron chi connectivity index (χ3n) is 4.70. The molecule has 0 saturated heterocycles. The Bertz CT molecular complexity index is 621. The number of rotatable bonds is 6. The van der Waals surface area contributed by atoms with E-state index in [9.17, 15) is 0 Å². The Morgan fingerprint density at radius 1 is 1.12 bits per heavy atom. The normalized spacial score (nSPS) is 16.0. The maximum Gasteiger partial charge on any atom is 0.191 e. The van der Waals surface area contributed by atoms with Crippen molar-refractivity contribution in [3.63, 3.8) is 0 Å². The largest absolute Gasteiger partial charge is 0.467 e. The summed E-state index contributed by atoms with van der Waals surface area (Å²) in [6.07, 6.45) is 6.72. The molecule has 2 N–H and O–H groups in total. The zero-order chi connectivity index (χ0) is 16.0. The molecule has 1 fully saturated rings. The minimum Gasteiger partial charge on any atom is -0.467 e. The lowest BCUT2D eigenvalue weighted by molar-refractivity contribution is 0.137. The molecule has 1 aliphatic carbocycles. The molecule has 0 atom stereocenters. The van der Waals surface area contributed by atoms with Crippen molar-refractivity contribution < 1.29 is 4.42 Å². The van der Waals surface area contributed by atoms with Crippen LogP contribution in [0.2, 0.25) is 0 Å². The quantitative estimate of drug-likeness (QED) is 0.407. The lowest BCUT2D eigenvalue weighted by Gasteiger charge is -2.42. The van der Waals surface area contributed by atoms with Crippen LogP contribution < -0.4 is 10.6 Å². The van der Waals surface area contributed by atoms with Gasteiger partial charge in [-0.25, -0.2) is 0 Å². The van der Waals surface area contributed by atoms with E-state index < -0.39 is 0 Å². The Labute approximate surface area is 161 Å². The average molecular weight is 439 g/mol. The van der Waals surface area contributed by atoms with E-state index in [-0.39, 0.29) is 24.0 Å². The molecule has 2 aromatic rings. The van der Waals surface area contributed by atoms with Crippen LogP contribution in [0.5, 0.6) is 0 Å². The summed E-state index contributed by atoms with van der Waals surface area (Å²) in [5.41, 5.74) is 1.79. The number of hydrogen-bond donors (Lipinski definition) is 2. The van der Waals surface area contributed by atoms with Gasteiger partial charge in [0.05, 0.1) is 12.8 Å². The Hall–Kier alpha value is -1.50. The van der Waals surface area contributed by atoms with Crippen molar-refractivity contribution >= 4 is 29.9 Å². The molecule has 1 heterocycles. The highest BCUT2D eigenvalue weighted by molar-refractivity contribution is 14.0. The predicted octanol–water partition coefficient (Wildman–Crippen LogP) is 3.98. The van der Waals surface area contributed by atoms with Crippen LogP contribution in [-0.2, 0) is 13.0 Å². The summed E-state index contributed by atoms with van der Waals surface area (Å²) in [6.45, 7) is 1.61. The summed E-state index contributed by atoms with van der Waals surface area (Å²) < 4.78 is 5.34. The third-order valence-corrected chi connectivity index (χ3v) is 4.70. The Morgan fingerprint density at radius 3 is 2.50 bits per heavy atom. The van der Waals surface area contributed by atoms with Gasteiger partial charge in [0.25, 0.3) is 0 Å². The van der Waals surface area contributed by atoms with E-state index in [0.29, 0.717) is 12.0 Å². The van der Waals surface area contributed by atoms with Gasteiger partial charge in [0.15, 0.2) is 5.96 Å². The summed E-state index contributed by atoms with van der Waals surface area (Å²) in [7, 11) is 1.81. The van der Waals surface area contributed by atoms with Crippen LogP contribution in [0, 0.1) is 5.41 Å². The first-order valence-corrected chi connectivity index (χ1v) is 8.31. The first-order valence-electron chi connectivity index (χ1n) is 8.31. The number of aliphatic imine (C=N–C) groups is 1. The monoisotopic (exact) mass is 439 g/mol. The second kappa shape index (κ2) is 9.11. The van der Waals surface area contributed by atoms with Crippen molar-refractivity contribution in [2.24, 2.45) is 10.4 Å². The van der Waals surface area contributed by atoms with Crippen molar-refractivity contribution in [3.8, 4) is 0 Å². The summed E-state index contributed by atoms with van der Waals surface area (Å²) in [5.74, 6) is 1.75. The van der Waals surface area contributed by atoms with Crippen LogP contribution in [0.3, 0.4) is 0 Å². The highest BCUT2D eigenvalue weighted by Crippen LogP contribution is 2.43. The first kappa shape index (κ1) is 18.8. The van der Waals surface area contributed by atoms with Crippen LogP contribution in [-0.4, -0.2) is 19.6 Å². The molecule has 0 aliphatic heterocycles. The number of benzene rings is 1. The standard InChI is InChI=1S/C19H25N3O.HI/c1-20-18(21-14-17-9-5-12-23-17)22-15-19(10-6-11-19)13-16-7-3-2-4-8-16;/h2-5,7-9,12H,6,10-11,13-15H2,1H3,(H2,20,21,22);1H. The fraction of sp³-hybridized carbons (Fsp3) is 0.421. The lowest BCUT2D eigenvalue weighted by atomic mass is 9.65. The zero-order valence-corrected chi connectivity index (χ0v) is 16.5. The van der Waals surface area contributed by atoms with Crippen LogP contribution in [0.4, 0.5) is 0 Å². The smallest absolute Gasteiger partial charge is 0.191 e. The Morgan fingerprint density at radius 2 is 1.92 bits per heavy atom. The number of nitrogens with one attached hydrogen (secondary N) is 2. The van der Waals surface area contributed by atoms with Crippen LogP contribution in [0.15, 0.2) is 58.1 Å². The van der Waals surface area contributed by atoms with Crippen LogP contribution >= 0.6 is 24.0 Å². The summed E-state index contributed by atoms with van der Waals surface area (Å²) in [4.78, 5) is 4.31. The molecule has 24 heavy (non-hydrogen) atoms. The molecule has 0 unspecified atom stereocenters. The van der Waals surface area contributed by atoms with Gasteiger partial charge in [0, 0.05) is 13.6 Å². The van der Waals surface area contributed by atoms with E-state index in [1.54, 1.807) is 6.26 Å². The number of furan rings is 1. The summed E-state index contributed by atoms with van der Waals surface area (Å²) in [6, 6.07) is 14.6. The Kier molecular flexibility index (Phi) is 7.15. The zero-order valence-electron chi connectivity index (χ0n) is 14.1. The lowest BCUT2D eigenvalue weighted by Crippen LogP contribution is -2.47. The summed E-state index contributed by atoms with van der Waals surface area (Å²) in [5, 5.41) is 6.79. The maximum absolute atomic E-state index is 5.34. The van der Waals surface area contributed by atoms with E-state index >= 15 is 0 Å². The highest BCUT2D eigenvalue weighted by Gasteiger charge is 2.36. The fourth-order valence-electron chi connectivity index (χ4n) is 3.20. The second-order valence-electron chi connectivity index (χ2n) is 6.37.